The van der Waals surface area contributed by atoms with E-state index in [-0.39, 0.29) is 10.6 Å². The maximum atomic E-state index is 10.9. The molecule has 0 heterocycles. The molecule has 0 aliphatic carbocycles. The van der Waals surface area contributed by atoms with E-state index < -0.39 is 10.1 Å². The zero-order chi connectivity index (χ0) is 11.5. The van der Waals surface area contributed by atoms with Gasteiger partial charge in [0, 0.05) is 14.1 Å². The molecule has 0 saturated carbocycles. The minimum atomic E-state index is -4.25. The van der Waals surface area contributed by atoms with E-state index in [1.807, 2.05) is 0 Å². The molecule has 0 amide bonds. The van der Waals surface area contributed by atoms with E-state index in [0.29, 0.717) is 0 Å². The summed E-state index contributed by atoms with van der Waals surface area (Å²) in [6.07, 6.45) is 0. The van der Waals surface area contributed by atoms with Gasteiger partial charge in [-0.15, -0.1) is 5.11 Å². The van der Waals surface area contributed by atoms with Gasteiger partial charge in [-0.25, -0.2) is 0 Å². The number of benzene rings is 1. The van der Waals surface area contributed by atoms with E-state index >= 15 is 0 Å². The molecule has 0 aliphatic rings. The Morgan fingerprint density at radius 2 is 1.87 bits per heavy atom. The lowest BCUT2D eigenvalue weighted by atomic mass is 10.3. The summed E-state index contributed by atoms with van der Waals surface area (Å²) in [6, 6.07) is 5.83. The van der Waals surface area contributed by atoms with Crippen LogP contribution in [0.25, 0.3) is 0 Å². The fraction of sp³-hybridized carbons (Fsp3) is 0.250. The molecule has 6 nitrogen and oxygen atoms in total. The highest BCUT2D eigenvalue weighted by molar-refractivity contribution is 7.86. The molecule has 0 aliphatic heterocycles. The Kier molecular flexibility index (Phi) is 3.38. The minimum Gasteiger partial charge on any atom is -0.285 e. The van der Waals surface area contributed by atoms with Crippen molar-refractivity contribution in [3.05, 3.63) is 24.3 Å². The van der Waals surface area contributed by atoms with Crippen LogP contribution in [-0.4, -0.2) is 32.1 Å². The second kappa shape index (κ2) is 4.37. The van der Waals surface area contributed by atoms with Crippen LogP contribution in [-0.2, 0) is 10.1 Å². The SMILES string of the molecule is CN(C)/N=N/c1ccccc1S(=O)(=O)O. The van der Waals surface area contributed by atoms with Crippen LogP contribution in [0.3, 0.4) is 0 Å². The molecule has 7 heteroatoms. The Morgan fingerprint density at radius 1 is 1.27 bits per heavy atom. The smallest absolute Gasteiger partial charge is 0.285 e. The van der Waals surface area contributed by atoms with Crippen molar-refractivity contribution in [3.8, 4) is 0 Å². The van der Waals surface area contributed by atoms with Gasteiger partial charge in [0.25, 0.3) is 10.1 Å². The van der Waals surface area contributed by atoms with E-state index in [4.69, 9.17) is 4.55 Å². The van der Waals surface area contributed by atoms with Crippen LogP contribution in [0.2, 0.25) is 0 Å². The molecule has 0 bridgehead atoms. The van der Waals surface area contributed by atoms with Gasteiger partial charge in [0.1, 0.15) is 10.6 Å². The van der Waals surface area contributed by atoms with Crippen LogP contribution in [0.15, 0.2) is 39.5 Å². The average molecular weight is 229 g/mol. The zero-order valence-corrected chi connectivity index (χ0v) is 9.14. The summed E-state index contributed by atoms with van der Waals surface area (Å²) in [7, 11) is -0.949. The predicted molar refractivity (Wildman–Crippen MR) is 54.5 cm³/mol. The van der Waals surface area contributed by atoms with E-state index in [1.165, 1.54) is 23.2 Å². The standard InChI is InChI=1S/C8H11N3O3S/c1-11(2)10-9-7-5-3-4-6-8(7)15(12,13)14/h3-6H,1-2H3,(H,12,13,14)/b10-9+. The second-order valence-corrected chi connectivity index (χ2v) is 4.37. The normalized spacial score (nSPS) is 11.9. The maximum Gasteiger partial charge on any atom is 0.296 e. The van der Waals surface area contributed by atoms with Gasteiger partial charge in [0.15, 0.2) is 0 Å². The van der Waals surface area contributed by atoms with Crippen LogP contribution in [0, 0.1) is 0 Å². The van der Waals surface area contributed by atoms with E-state index in [2.05, 4.69) is 10.3 Å². The lowest BCUT2D eigenvalue weighted by molar-refractivity contribution is 0.407. The first-order valence-corrected chi connectivity index (χ1v) is 5.51. The van der Waals surface area contributed by atoms with Crippen LogP contribution in [0.1, 0.15) is 0 Å². The van der Waals surface area contributed by atoms with Gasteiger partial charge in [-0.05, 0) is 12.1 Å². The Morgan fingerprint density at radius 3 is 2.40 bits per heavy atom. The Balaban J connectivity index is 3.19. The van der Waals surface area contributed by atoms with Gasteiger partial charge in [0.05, 0.1) is 0 Å². The van der Waals surface area contributed by atoms with Crippen molar-refractivity contribution in [2.45, 2.75) is 4.90 Å². The van der Waals surface area contributed by atoms with Gasteiger partial charge in [-0.3, -0.25) is 9.56 Å². The topological polar surface area (TPSA) is 82.3 Å². The quantitative estimate of drug-likeness (QED) is 0.483. The number of hydrogen-bond donors (Lipinski definition) is 1. The molecule has 1 N–H and O–H groups in total. The van der Waals surface area contributed by atoms with Crippen molar-refractivity contribution in [1.29, 1.82) is 0 Å². The largest absolute Gasteiger partial charge is 0.296 e. The van der Waals surface area contributed by atoms with Crippen molar-refractivity contribution in [3.63, 3.8) is 0 Å². The highest BCUT2D eigenvalue weighted by atomic mass is 32.2. The molecule has 1 aromatic carbocycles. The molecular weight excluding hydrogens is 218 g/mol. The van der Waals surface area contributed by atoms with Crippen molar-refractivity contribution in [2.24, 2.45) is 10.3 Å². The van der Waals surface area contributed by atoms with Gasteiger partial charge < -0.3 is 0 Å². The molecule has 0 unspecified atom stereocenters. The monoisotopic (exact) mass is 229 g/mol. The molecule has 0 spiro atoms. The van der Waals surface area contributed by atoms with E-state index in [9.17, 15) is 8.42 Å². The summed E-state index contributed by atoms with van der Waals surface area (Å²) in [6.45, 7) is 0. The van der Waals surface area contributed by atoms with Gasteiger partial charge >= 0.3 is 0 Å². The van der Waals surface area contributed by atoms with Gasteiger partial charge in [-0.1, -0.05) is 17.4 Å². The van der Waals surface area contributed by atoms with E-state index in [0.717, 1.165) is 0 Å². The highest BCUT2D eigenvalue weighted by Gasteiger charge is 2.14. The van der Waals surface area contributed by atoms with Crippen molar-refractivity contribution >= 4 is 15.8 Å². The van der Waals surface area contributed by atoms with Crippen LogP contribution < -0.4 is 0 Å². The predicted octanol–water partition coefficient (Wildman–Crippen LogP) is 1.49. The third-order valence-electron chi connectivity index (χ3n) is 1.47. The molecule has 0 radical (unpaired) electrons. The van der Waals surface area contributed by atoms with Crippen LogP contribution in [0.4, 0.5) is 5.69 Å². The Hall–Kier alpha value is -1.47. The molecule has 1 aromatic rings. The number of nitrogens with zero attached hydrogens (tertiary/aromatic N) is 3. The Labute approximate surface area is 88.0 Å². The summed E-state index contributed by atoms with van der Waals surface area (Å²) in [4.78, 5) is -0.254. The molecule has 0 atom stereocenters. The first kappa shape index (κ1) is 11.6. The molecule has 0 fully saturated rings. The summed E-state index contributed by atoms with van der Waals surface area (Å²) in [5.41, 5.74) is 0.105. The first-order valence-electron chi connectivity index (χ1n) is 4.07. The summed E-state index contributed by atoms with van der Waals surface area (Å²) in [5, 5.41) is 8.75. The van der Waals surface area contributed by atoms with Crippen molar-refractivity contribution in [1.82, 2.24) is 5.01 Å². The van der Waals surface area contributed by atoms with Gasteiger partial charge in [-0.2, -0.15) is 8.42 Å². The fourth-order valence-electron chi connectivity index (χ4n) is 0.896. The number of hydrogen-bond acceptors (Lipinski definition) is 4. The molecule has 0 saturated heterocycles. The Bertz CT molecular complexity index is 468. The fourth-order valence-corrected chi connectivity index (χ4v) is 1.52. The zero-order valence-electron chi connectivity index (χ0n) is 8.32. The minimum absolute atomic E-state index is 0.105. The number of rotatable bonds is 3. The third kappa shape index (κ3) is 3.30. The molecule has 0 aromatic heterocycles. The highest BCUT2D eigenvalue weighted by Crippen LogP contribution is 2.23. The van der Waals surface area contributed by atoms with Crippen LogP contribution in [0.5, 0.6) is 0 Å². The third-order valence-corrected chi connectivity index (χ3v) is 2.38. The summed E-state index contributed by atoms with van der Waals surface area (Å²) in [5.74, 6) is 0. The van der Waals surface area contributed by atoms with Crippen molar-refractivity contribution < 1.29 is 13.0 Å². The maximum absolute atomic E-state index is 10.9. The molecule has 15 heavy (non-hydrogen) atoms. The lowest BCUT2D eigenvalue weighted by Crippen LogP contribution is -2.00. The molecule has 82 valence electrons. The molecular formula is C8H11N3O3S. The second-order valence-electron chi connectivity index (χ2n) is 2.98. The van der Waals surface area contributed by atoms with Gasteiger partial charge in [0.2, 0.25) is 0 Å². The van der Waals surface area contributed by atoms with Crippen LogP contribution >= 0.6 is 0 Å². The lowest BCUT2D eigenvalue weighted by Gasteiger charge is -2.03. The van der Waals surface area contributed by atoms with Crippen molar-refractivity contribution in [2.75, 3.05) is 14.1 Å². The average Bonchev–Trinajstić information content (AvgIpc) is 2.13. The summed E-state index contributed by atoms with van der Waals surface area (Å²) >= 11 is 0. The first-order chi connectivity index (χ1) is 6.91. The molecule has 1 rings (SSSR count). The summed E-state index contributed by atoms with van der Waals surface area (Å²) < 4.78 is 30.8. The van der Waals surface area contributed by atoms with E-state index in [1.54, 1.807) is 20.2 Å².